The molecule has 0 atom stereocenters. The largest absolute Gasteiger partial charge is 0.497 e. The number of rotatable bonds is 7. The molecule has 33 heavy (non-hydrogen) atoms. The first kappa shape index (κ1) is 22.3. The van der Waals surface area contributed by atoms with Gasteiger partial charge in [0.25, 0.3) is 10.0 Å². The average molecular weight is 467 g/mol. The van der Waals surface area contributed by atoms with Crippen LogP contribution in [0.25, 0.3) is 16.7 Å². The van der Waals surface area contributed by atoms with Crippen LogP contribution in [0, 0.1) is 6.92 Å². The summed E-state index contributed by atoms with van der Waals surface area (Å²) in [7, 11) is -2.57. The molecular formula is C23H22N4O5S. The highest BCUT2D eigenvalue weighted by atomic mass is 32.2. The lowest BCUT2D eigenvalue weighted by molar-refractivity contribution is 0.0527. The first-order valence-corrected chi connectivity index (χ1v) is 11.6. The van der Waals surface area contributed by atoms with Crippen LogP contribution in [0.15, 0.2) is 65.7 Å². The Morgan fingerprint density at radius 2 is 1.85 bits per heavy atom. The molecule has 0 radical (unpaired) electrons. The third-order valence-corrected chi connectivity index (χ3v) is 6.35. The lowest BCUT2D eigenvalue weighted by Crippen LogP contribution is -2.19. The lowest BCUT2D eigenvalue weighted by Gasteiger charge is -2.13. The second-order valence-electron chi connectivity index (χ2n) is 7.13. The van der Waals surface area contributed by atoms with E-state index in [2.05, 4.69) is 14.8 Å². The molecule has 0 spiro atoms. The molecule has 0 aliphatic rings. The number of carbonyl (C=O) groups excluding carboxylic acids is 1. The Morgan fingerprint density at radius 3 is 2.55 bits per heavy atom. The number of carbonyl (C=O) groups is 1. The monoisotopic (exact) mass is 466 g/mol. The van der Waals surface area contributed by atoms with Crippen LogP contribution in [-0.2, 0) is 14.8 Å². The minimum Gasteiger partial charge on any atom is -0.497 e. The van der Waals surface area contributed by atoms with Gasteiger partial charge in [-0.1, -0.05) is 18.2 Å². The third kappa shape index (κ3) is 4.37. The fourth-order valence-corrected chi connectivity index (χ4v) is 4.42. The first-order chi connectivity index (χ1) is 15.8. The highest BCUT2D eigenvalue weighted by molar-refractivity contribution is 7.92. The van der Waals surface area contributed by atoms with Crippen LogP contribution < -0.4 is 9.46 Å². The zero-order valence-electron chi connectivity index (χ0n) is 18.3. The summed E-state index contributed by atoms with van der Waals surface area (Å²) in [4.78, 5) is 17.2. The van der Waals surface area contributed by atoms with Gasteiger partial charge in [-0.3, -0.25) is 4.72 Å². The van der Waals surface area contributed by atoms with Crippen LogP contribution in [0.1, 0.15) is 22.8 Å². The smallest absolute Gasteiger partial charge is 0.343 e. The first-order valence-electron chi connectivity index (χ1n) is 10.1. The van der Waals surface area contributed by atoms with Crippen molar-refractivity contribution in [3.8, 4) is 11.6 Å². The summed E-state index contributed by atoms with van der Waals surface area (Å²) in [5, 5.41) is 5.21. The van der Waals surface area contributed by atoms with Gasteiger partial charge in [-0.25, -0.2) is 18.2 Å². The summed E-state index contributed by atoms with van der Waals surface area (Å²) in [6, 6.07) is 15.2. The minimum absolute atomic E-state index is 0.00601. The SMILES string of the molecule is CCOC(=O)c1cnn(-c2cc(C)c3ccccc3n2)c1NS(=O)(=O)c1ccc(OC)cc1. The Kier molecular flexibility index (Phi) is 6.01. The molecule has 0 saturated heterocycles. The fraction of sp³-hybridized carbons (Fsp3) is 0.174. The Morgan fingerprint density at radius 1 is 1.12 bits per heavy atom. The van der Waals surface area contributed by atoms with E-state index < -0.39 is 16.0 Å². The molecule has 170 valence electrons. The van der Waals surface area contributed by atoms with E-state index in [1.807, 2.05) is 31.2 Å². The zero-order chi connectivity index (χ0) is 23.6. The molecule has 0 amide bonds. The van der Waals surface area contributed by atoms with E-state index in [4.69, 9.17) is 9.47 Å². The van der Waals surface area contributed by atoms with Crippen LogP contribution in [0.5, 0.6) is 5.75 Å². The van der Waals surface area contributed by atoms with Crippen molar-refractivity contribution >= 4 is 32.7 Å². The number of nitrogens with one attached hydrogen (secondary N) is 1. The Hall–Kier alpha value is -3.92. The number of methoxy groups -OCH3 is 1. The molecule has 0 saturated carbocycles. The number of benzene rings is 2. The molecule has 0 aliphatic carbocycles. The Bertz CT molecular complexity index is 1430. The van der Waals surface area contributed by atoms with Crippen LogP contribution in [0.2, 0.25) is 0 Å². The van der Waals surface area contributed by atoms with Crippen molar-refractivity contribution in [1.82, 2.24) is 14.8 Å². The van der Waals surface area contributed by atoms with Gasteiger partial charge in [0.15, 0.2) is 11.6 Å². The van der Waals surface area contributed by atoms with Gasteiger partial charge >= 0.3 is 5.97 Å². The molecule has 2 heterocycles. The van der Waals surface area contributed by atoms with E-state index >= 15 is 0 Å². The van der Waals surface area contributed by atoms with E-state index in [0.29, 0.717) is 17.1 Å². The van der Waals surface area contributed by atoms with E-state index in [0.717, 1.165) is 10.9 Å². The van der Waals surface area contributed by atoms with Gasteiger partial charge in [0.1, 0.15) is 11.3 Å². The van der Waals surface area contributed by atoms with Crippen molar-refractivity contribution in [2.24, 2.45) is 0 Å². The van der Waals surface area contributed by atoms with E-state index in [9.17, 15) is 13.2 Å². The standard InChI is InChI=1S/C23H22N4O5S/c1-4-32-23(28)19-14-24-27(21-13-15(2)18-7-5-6-8-20(18)25-21)22(19)26-33(29,30)17-11-9-16(31-3)10-12-17/h5-14,26H,4H2,1-3H3. The van der Waals surface area contributed by atoms with Gasteiger partial charge in [-0.05, 0) is 55.8 Å². The van der Waals surface area contributed by atoms with Crippen LogP contribution in [0.3, 0.4) is 0 Å². The number of ether oxygens (including phenoxy) is 2. The predicted molar refractivity (Wildman–Crippen MR) is 123 cm³/mol. The molecule has 4 rings (SSSR count). The van der Waals surface area contributed by atoms with Crippen LogP contribution in [0.4, 0.5) is 5.82 Å². The summed E-state index contributed by atoms with van der Waals surface area (Å²) in [6.07, 6.45) is 1.26. The van der Waals surface area contributed by atoms with Crippen LogP contribution >= 0.6 is 0 Å². The van der Waals surface area contributed by atoms with Crippen molar-refractivity contribution in [2.75, 3.05) is 18.4 Å². The van der Waals surface area contributed by atoms with Crippen molar-refractivity contribution in [3.63, 3.8) is 0 Å². The molecule has 0 bridgehead atoms. The predicted octanol–water partition coefficient (Wildman–Crippen LogP) is 3.72. The van der Waals surface area contributed by atoms with Crippen molar-refractivity contribution in [1.29, 1.82) is 0 Å². The molecule has 2 aromatic carbocycles. The Labute approximate surface area is 191 Å². The number of sulfonamides is 1. The van der Waals surface area contributed by atoms with E-state index in [1.165, 1.54) is 42.3 Å². The normalized spacial score (nSPS) is 11.4. The van der Waals surface area contributed by atoms with Gasteiger partial charge in [0, 0.05) is 5.39 Å². The molecule has 4 aromatic rings. The second kappa shape index (κ2) is 8.91. The summed E-state index contributed by atoms with van der Waals surface area (Å²) in [5.41, 5.74) is 1.61. The molecule has 0 unspecified atom stereocenters. The zero-order valence-corrected chi connectivity index (χ0v) is 19.1. The van der Waals surface area contributed by atoms with Crippen molar-refractivity contribution < 1.29 is 22.7 Å². The molecule has 9 nitrogen and oxygen atoms in total. The molecular weight excluding hydrogens is 444 g/mol. The summed E-state index contributed by atoms with van der Waals surface area (Å²) < 4.78 is 40.2. The number of nitrogens with zero attached hydrogens (tertiary/aromatic N) is 3. The van der Waals surface area contributed by atoms with Gasteiger partial charge in [0.2, 0.25) is 0 Å². The number of aromatic nitrogens is 3. The van der Waals surface area contributed by atoms with Crippen molar-refractivity contribution in [3.05, 3.63) is 71.9 Å². The lowest BCUT2D eigenvalue weighted by atomic mass is 10.1. The number of pyridine rings is 1. The van der Waals surface area contributed by atoms with Gasteiger partial charge < -0.3 is 9.47 Å². The number of anilines is 1. The third-order valence-electron chi connectivity index (χ3n) is 4.99. The molecule has 0 fully saturated rings. The molecule has 0 aliphatic heterocycles. The summed E-state index contributed by atoms with van der Waals surface area (Å²) in [5.74, 6) is 0.108. The van der Waals surface area contributed by atoms with Gasteiger partial charge in [-0.15, -0.1) is 0 Å². The topological polar surface area (TPSA) is 112 Å². The maximum Gasteiger partial charge on any atom is 0.343 e. The average Bonchev–Trinajstić information content (AvgIpc) is 3.22. The number of fused-ring (bicyclic) bond motifs is 1. The summed E-state index contributed by atoms with van der Waals surface area (Å²) >= 11 is 0. The van der Waals surface area contributed by atoms with Gasteiger partial charge in [0.05, 0.1) is 30.3 Å². The van der Waals surface area contributed by atoms with Gasteiger partial charge in [-0.2, -0.15) is 9.78 Å². The fourth-order valence-electron chi connectivity index (χ4n) is 3.36. The quantitative estimate of drug-likeness (QED) is 0.413. The second-order valence-corrected chi connectivity index (χ2v) is 8.82. The maximum atomic E-state index is 13.1. The Balaban J connectivity index is 1.84. The molecule has 2 aromatic heterocycles. The minimum atomic E-state index is -4.06. The summed E-state index contributed by atoms with van der Waals surface area (Å²) in [6.45, 7) is 3.71. The van der Waals surface area contributed by atoms with Crippen molar-refractivity contribution in [2.45, 2.75) is 18.7 Å². The van der Waals surface area contributed by atoms with Crippen LogP contribution in [-0.4, -0.2) is 42.9 Å². The number of para-hydroxylation sites is 1. The highest BCUT2D eigenvalue weighted by Gasteiger charge is 2.25. The number of aryl methyl sites for hydroxylation is 1. The highest BCUT2D eigenvalue weighted by Crippen LogP contribution is 2.27. The number of esters is 1. The number of hydrogen-bond acceptors (Lipinski definition) is 7. The maximum absolute atomic E-state index is 13.1. The molecule has 10 heteroatoms. The van der Waals surface area contributed by atoms with E-state index in [1.54, 1.807) is 13.0 Å². The number of hydrogen-bond donors (Lipinski definition) is 1. The van der Waals surface area contributed by atoms with E-state index in [-0.39, 0.29) is 22.9 Å². The molecule has 1 N–H and O–H groups in total.